The molecule has 22 heavy (non-hydrogen) atoms. The number of nitrogens with zero attached hydrogens (tertiary/aromatic N) is 2. The number of hydrogen-bond donors (Lipinski definition) is 2. The fraction of sp³-hybridized carbons (Fsp3) is 0.267. The molecule has 1 atom stereocenters. The lowest BCUT2D eigenvalue weighted by atomic mass is 10.2. The molecular weight excluding hydrogens is 305 g/mol. The van der Waals surface area contributed by atoms with E-state index in [2.05, 4.69) is 9.98 Å². The molecule has 1 aromatic carbocycles. The summed E-state index contributed by atoms with van der Waals surface area (Å²) in [5, 5.41) is 10.3. The van der Waals surface area contributed by atoms with Crippen molar-refractivity contribution in [3.8, 4) is 5.88 Å². The van der Waals surface area contributed by atoms with Crippen molar-refractivity contribution in [2.24, 2.45) is 4.99 Å². The van der Waals surface area contributed by atoms with Crippen LogP contribution in [0.1, 0.15) is 31.9 Å². The highest BCUT2D eigenvalue weighted by molar-refractivity contribution is 7.71. The van der Waals surface area contributed by atoms with Gasteiger partial charge in [0.1, 0.15) is 11.4 Å². The van der Waals surface area contributed by atoms with Crippen molar-refractivity contribution in [1.29, 1.82) is 0 Å². The highest BCUT2D eigenvalue weighted by atomic mass is 32.1. The molecule has 0 spiro atoms. The third-order valence-corrected chi connectivity index (χ3v) is 3.67. The van der Waals surface area contributed by atoms with Gasteiger partial charge in [0, 0.05) is 12.3 Å². The van der Waals surface area contributed by atoms with Gasteiger partial charge in [0.05, 0.1) is 5.69 Å². The van der Waals surface area contributed by atoms with Gasteiger partial charge in [0.25, 0.3) is 5.56 Å². The first-order chi connectivity index (χ1) is 10.5. The number of rotatable bonds is 4. The zero-order valence-electron chi connectivity index (χ0n) is 12.2. The number of hydrogen-bond acceptors (Lipinski definition) is 4. The third-order valence-electron chi connectivity index (χ3n) is 3.37. The topological polar surface area (TPSA) is 70.4 Å². The Labute approximate surface area is 131 Å². The van der Waals surface area contributed by atoms with Crippen LogP contribution >= 0.6 is 12.2 Å². The average molecular weight is 321 g/mol. The number of aromatic hydroxyl groups is 1. The maximum Gasteiger partial charge on any atom is 0.264 e. The van der Waals surface area contributed by atoms with E-state index in [4.69, 9.17) is 12.2 Å². The summed E-state index contributed by atoms with van der Waals surface area (Å²) in [6.07, 6.45) is 1.86. The lowest BCUT2D eigenvalue weighted by molar-refractivity contribution is 0.371. The molecule has 0 aliphatic rings. The number of aromatic amines is 1. The van der Waals surface area contributed by atoms with Crippen molar-refractivity contribution in [2.45, 2.75) is 26.3 Å². The second-order valence-electron chi connectivity index (χ2n) is 4.83. The Bertz CT molecular complexity index is 826. The van der Waals surface area contributed by atoms with Gasteiger partial charge < -0.3 is 5.11 Å². The van der Waals surface area contributed by atoms with Gasteiger partial charge in [-0.05, 0) is 37.7 Å². The van der Waals surface area contributed by atoms with Crippen molar-refractivity contribution >= 4 is 24.1 Å². The molecule has 0 aliphatic heterocycles. The Hall–Kier alpha value is -2.28. The fourth-order valence-electron chi connectivity index (χ4n) is 1.95. The maximum atomic E-state index is 13.5. The molecule has 2 N–H and O–H groups in total. The van der Waals surface area contributed by atoms with Crippen LogP contribution in [-0.4, -0.2) is 20.9 Å². The number of aromatic nitrogens is 2. The summed E-state index contributed by atoms with van der Waals surface area (Å²) in [6, 6.07) is 5.82. The molecule has 0 fully saturated rings. The molecule has 1 aromatic heterocycles. The standard InChI is InChI=1S/C15H16FN3O2S/c1-3-9(2)19-14(21)10(13(20)18-15(19)22)8-17-12-7-5-4-6-11(12)16/h4-9,21H,3H2,1-2H3,(H,18,20,22). The molecule has 0 bridgehead atoms. The third kappa shape index (κ3) is 3.14. The molecular formula is C15H16FN3O2S. The second kappa shape index (κ2) is 6.65. The highest BCUT2D eigenvalue weighted by Gasteiger charge is 2.14. The van der Waals surface area contributed by atoms with Crippen LogP contribution in [0.5, 0.6) is 5.88 Å². The molecule has 0 amide bonds. The van der Waals surface area contributed by atoms with Crippen LogP contribution in [0, 0.1) is 10.6 Å². The van der Waals surface area contributed by atoms with E-state index >= 15 is 0 Å². The number of aliphatic imine (C=N–C) groups is 1. The first-order valence-electron chi connectivity index (χ1n) is 6.82. The maximum absolute atomic E-state index is 13.5. The molecule has 0 radical (unpaired) electrons. The second-order valence-corrected chi connectivity index (χ2v) is 5.22. The van der Waals surface area contributed by atoms with E-state index < -0.39 is 11.4 Å². The molecule has 1 unspecified atom stereocenters. The molecule has 1 heterocycles. The van der Waals surface area contributed by atoms with Crippen molar-refractivity contribution < 1.29 is 9.50 Å². The Morgan fingerprint density at radius 1 is 1.50 bits per heavy atom. The Balaban J connectivity index is 2.55. The zero-order valence-corrected chi connectivity index (χ0v) is 13.0. The van der Waals surface area contributed by atoms with E-state index in [1.165, 1.54) is 16.7 Å². The van der Waals surface area contributed by atoms with Crippen molar-refractivity contribution in [3.05, 3.63) is 50.8 Å². The monoisotopic (exact) mass is 321 g/mol. The number of halogens is 1. The SMILES string of the molecule is CCC(C)n1c(O)c(C=Nc2ccccc2F)c(=O)[nH]c1=S. The van der Waals surface area contributed by atoms with Crippen LogP contribution < -0.4 is 5.56 Å². The fourth-order valence-corrected chi connectivity index (χ4v) is 2.31. The summed E-state index contributed by atoms with van der Waals surface area (Å²) in [7, 11) is 0. The van der Waals surface area contributed by atoms with E-state index in [0.29, 0.717) is 0 Å². The van der Waals surface area contributed by atoms with E-state index in [0.717, 1.165) is 12.6 Å². The van der Waals surface area contributed by atoms with Gasteiger partial charge in [-0.2, -0.15) is 0 Å². The summed E-state index contributed by atoms with van der Waals surface area (Å²) < 4.78 is 15.1. The quantitative estimate of drug-likeness (QED) is 0.669. The van der Waals surface area contributed by atoms with E-state index in [9.17, 15) is 14.3 Å². The van der Waals surface area contributed by atoms with E-state index in [-0.39, 0.29) is 27.9 Å². The summed E-state index contributed by atoms with van der Waals surface area (Å²) >= 11 is 5.07. The highest BCUT2D eigenvalue weighted by Crippen LogP contribution is 2.21. The van der Waals surface area contributed by atoms with Gasteiger partial charge in [-0.25, -0.2) is 4.39 Å². The molecule has 7 heteroatoms. The first kappa shape index (κ1) is 16.1. The predicted molar refractivity (Wildman–Crippen MR) is 86.2 cm³/mol. The minimum Gasteiger partial charge on any atom is -0.494 e. The molecule has 0 saturated carbocycles. The first-order valence-corrected chi connectivity index (χ1v) is 7.23. The summed E-state index contributed by atoms with van der Waals surface area (Å²) in [4.78, 5) is 18.4. The van der Waals surface area contributed by atoms with Crippen LogP contribution in [-0.2, 0) is 0 Å². The van der Waals surface area contributed by atoms with Crippen LogP contribution in [0.2, 0.25) is 0 Å². The Morgan fingerprint density at radius 2 is 2.18 bits per heavy atom. The van der Waals surface area contributed by atoms with Gasteiger partial charge in [0.2, 0.25) is 5.88 Å². The van der Waals surface area contributed by atoms with Crippen molar-refractivity contribution in [3.63, 3.8) is 0 Å². The van der Waals surface area contributed by atoms with Crippen LogP contribution in [0.25, 0.3) is 0 Å². The van der Waals surface area contributed by atoms with Gasteiger partial charge >= 0.3 is 0 Å². The number of benzene rings is 1. The molecule has 5 nitrogen and oxygen atoms in total. The Kier molecular flexibility index (Phi) is 4.87. The minimum atomic E-state index is -0.567. The smallest absolute Gasteiger partial charge is 0.264 e. The van der Waals surface area contributed by atoms with Crippen LogP contribution in [0.15, 0.2) is 34.1 Å². The number of H-pyrrole nitrogens is 1. The van der Waals surface area contributed by atoms with Crippen LogP contribution in [0.4, 0.5) is 10.1 Å². The van der Waals surface area contributed by atoms with Crippen molar-refractivity contribution in [1.82, 2.24) is 9.55 Å². The van der Waals surface area contributed by atoms with Gasteiger partial charge in [0.15, 0.2) is 4.77 Å². The largest absolute Gasteiger partial charge is 0.494 e. The molecule has 2 aromatic rings. The molecule has 2 rings (SSSR count). The van der Waals surface area contributed by atoms with Gasteiger partial charge in [-0.1, -0.05) is 19.1 Å². The molecule has 0 saturated heterocycles. The molecule has 116 valence electrons. The van der Waals surface area contributed by atoms with E-state index in [1.54, 1.807) is 12.1 Å². The summed E-state index contributed by atoms with van der Waals surface area (Å²) in [6.45, 7) is 3.80. The normalized spacial score (nSPS) is 12.7. The zero-order chi connectivity index (χ0) is 16.3. The summed E-state index contributed by atoms with van der Waals surface area (Å²) in [5.74, 6) is -0.785. The number of nitrogens with one attached hydrogen (secondary N) is 1. The van der Waals surface area contributed by atoms with Crippen LogP contribution in [0.3, 0.4) is 0 Å². The predicted octanol–water partition coefficient (Wildman–Crippen LogP) is 3.47. The number of para-hydroxylation sites is 1. The van der Waals surface area contributed by atoms with E-state index in [1.807, 2.05) is 13.8 Å². The lowest BCUT2D eigenvalue weighted by Gasteiger charge is -2.16. The minimum absolute atomic E-state index is 0.0582. The van der Waals surface area contributed by atoms with Crippen molar-refractivity contribution in [2.75, 3.05) is 0 Å². The Morgan fingerprint density at radius 3 is 2.82 bits per heavy atom. The summed E-state index contributed by atoms with van der Waals surface area (Å²) in [5.41, 5.74) is -0.543. The lowest BCUT2D eigenvalue weighted by Crippen LogP contribution is -2.20. The molecule has 0 aliphatic carbocycles. The van der Waals surface area contributed by atoms with Gasteiger partial charge in [-0.15, -0.1) is 0 Å². The van der Waals surface area contributed by atoms with Gasteiger partial charge in [-0.3, -0.25) is 19.3 Å². The average Bonchev–Trinajstić information content (AvgIpc) is 2.48.